The molecule has 1 fully saturated rings. The minimum absolute atomic E-state index is 0.0539. The van der Waals surface area contributed by atoms with Gasteiger partial charge in [0.15, 0.2) is 6.10 Å². The maximum absolute atomic E-state index is 11.8. The third kappa shape index (κ3) is 3.83. The normalized spacial score (nSPS) is 23.2. The van der Waals surface area contributed by atoms with E-state index in [9.17, 15) is 14.4 Å². The highest BCUT2D eigenvalue weighted by Gasteiger charge is 2.41. The van der Waals surface area contributed by atoms with Crippen LogP contribution in [0.5, 0.6) is 0 Å². The molecular weight excluding hydrogens is 266 g/mol. The number of amides is 3. The van der Waals surface area contributed by atoms with Gasteiger partial charge in [-0.05, 0) is 13.3 Å². The summed E-state index contributed by atoms with van der Waals surface area (Å²) in [5.74, 6) is -1.42. The molecule has 3 amide bonds. The third-order valence-corrected chi connectivity index (χ3v) is 3.51. The molecule has 1 unspecified atom stereocenters. The number of hydrogen-bond acceptors (Lipinski definition) is 4. The van der Waals surface area contributed by atoms with Gasteiger partial charge in [0, 0.05) is 33.1 Å². The molecule has 1 aliphatic heterocycles. The average Bonchev–Trinajstić information content (AvgIpc) is 2.81. The summed E-state index contributed by atoms with van der Waals surface area (Å²) in [6.45, 7) is 2.66. The first-order valence-electron chi connectivity index (χ1n) is 6.46. The summed E-state index contributed by atoms with van der Waals surface area (Å²) in [4.78, 5) is 35.5. The molecule has 0 aliphatic carbocycles. The van der Waals surface area contributed by atoms with Crippen LogP contribution in [-0.4, -0.2) is 65.8 Å². The molecule has 114 valence electrons. The zero-order valence-electron chi connectivity index (χ0n) is 11.7. The first-order valence-corrected chi connectivity index (χ1v) is 6.46. The first kappa shape index (κ1) is 16.2. The quantitative estimate of drug-likeness (QED) is 0.516. The Bertz CT molecular complexity index is 401. The molecule has 0 bridgehead atoms. The van der Waals surface area contributed by atoms with Gasteiger partial charge in [0.25, 0.3) is 0 Å². The molecule has 0 aromatic heterocycles. The lowest BCUT2D eigenvalue weighted by molar-refractivity contribution is -0.146. The van der Waals surface area contributed by atoms with Gasteiger partial charge in [0.2, 0.25) is 5.91 Å². The summed E-state index contributed by atoms with van der Waals surface area (Å²) < 4.78 is 0. The van der Waals surface area contributed by atoms with E-state index in [1.807, 2.05) is 0 Å². The monoisotopic (exact) mass is 287 g/mol. The van der Waals surface area contributed by atoms with Gasteiger partial charge in [0.05, 0.1) is 5.41 Å². The number of aliphatic hydroxyl groups excluding tert-OH is 1. The summed E-state index contributed by atoms with van der Waals surface area (Å²) in [6.07, 6.45) is -0.954. The van der Waals surface area contributed by atoms with Crippen LogP contribution in [0.4, 0.5) is 4.79 Å². The minimum Gasteiger partial charge on any atom is -0.479 e. The van der Waals surface area contributed by atoms with E-state index >= 15 is 0 Å². The largest absolute Gasteiger partial charge is 0.479 e. The van der Waals surface area contributed by atoms with Gasteiger partial charge in [-0.15, -0.1) is 0 Å². The van der Waals surface area contributed by atoms with Gasteiger partial charge < -0.3 is 25.7 Å². The fraction of sp³-hybridized carbons (Fsp3) is 0.750. The van der Waals surface area contributed by atoms with Crippen LogP contribution in [0, 0.1) is 5.41 Å². The second-order valence-electron chi connectivity index (χ2n) is 5.19. The van der Waals surface area contributed by atoms with E-state index < -0.39 is 17.5 Å². The highest BCUT2D eigenvalue weighted by atomic mass is 16.4. The van der Waals surface area contributed by atoms with Crippen LogP contribution >= 0.6 is 0 Å². The molecule has 4 N–H and O–H groups in total. The van der Waals surface area contributed by atoms with E-state index in [0.29, 0.717) is 19.5 Å². The van der Waals surface area contributed by atoms with E-state index in [2.05, 4.69) is 10.6 Å². The number of carbonyl (C=O) groups excluding carboxylic acids is 2. The van der Waals surface area contributed by atoms with Crippen molar-refractivity contribution in [3.63, 3.8) is 0 Å². The SMILES string of the molecule is CNC(=O)C1(C)CCN(C(=O)NCC[C@H](O)C(=O)O)C1. The third-order valence-electron chi connectivity index (χ3n) is 3.51. The average molecular weight is 287 g/mol. The number of rotatable bonds is 5. The molecule has 1 heterocycles. The number of aliphatic hydroxyl groups is 1. The van der Waals surface area contributed by atoms with Crippen LogP contribution in [0.1, 0.15) is 19.8 Å². The van der Waals surface area contributed by atoms with E-state index in [-0.39, 0.29) is 24.9 Å². The van der Waals surface area contributed by atoms with Gasteiger partial charge in [-0.3, -0.25) is 4.79 Å². The lowest BCUT2D eigenvalue weighted by Crippen LogP contribution is -2.44. The molecule has 1 aliphatic rings. The first-order chi connectivity index (χ1) is 9.30. The highest BCUT2D eigenvalue weighted by molar-refractivity contribution is 5.84. The van der Waals surface area contributed by atoms with Crippen molar-refractivity contribution in [3.05, 3.63) is 0 Å². The summed E-state index contributed by atoms with van der Waals surface area (Å²) in [5, 5.41) is 22.7. The number of aliphatic carboxylic acids is 1. The summed E-state index contributed by atoms with van der Waals surface area (Å²) in [5.41, 5.74) is -0.591. The standard InChI is InChI=1S/C12H21N3O5/c1-12(10(19)13-2)4-6-15(7-12)11(20)14-5-3-8(16)9(17)18/h8,16H,3-7H2,1-2H3,(H,13,19)(H,14,20)(H,17,18)/t8-,12?/m0/s1. The molecule has 1 saturated heterocycles. The fourth-order valence-corrected chi connectivity index (χ4v) is 2.17. The minimum atomic E-state index is -1.48. The Morgan fingerprint density at radius 3 is 2.60 bits per heavy atom. The van der Waals surface area contributed by atoms with Crippen molar-refractivity contribution in [1.29, 1.82) is 0 Å². The van der Waals surface area contributed by atoms with E-state index in [1.165, 1.54) is 4.90 Å². The molecular formula is C12H21N3O5. The number of hydrogen-bond donors (Lipinski definition) is 4. The van der Waals surface area contributed by atoms with Gasteiger partial charge in [-0.2, -0.15) is 0 Å². The zero-order valence-corrected chi connectivity index (χ0v) is 11.7. The van der Waals surface area contributed by atoms with Crippen LogP contribution in [0.25, 0.3) is 0 Å². The number of carbonyl (C=O) groups is 3. The topological polar surface area (TPSA) is 119 Å². The second kappa shape index (κ2) is 6.56. The molecule has 0 saturated carbocycles. The molecule has 8 heteroatoms. The van der Waals surface area contributed by atoms with Crippen molar-refractivity contribution in [1.82, 2.24) is 15.5 Å². The Balaban J connectivity index is 2.39. The molecule has 1 rings (SSSR count). The van der Waals surface area contributed by atoms with Crippen molar-refractivity contribution in [2.45, 2.75) is 25.9 Å². The van der Waals surface area contributed by atoms with Crippen LogP contribution in [0.2, 0.25) is 0 Å². The number of likely N-dealkylation sites (tertiary alicyclic amines) is 1. The van der Waals surface area contributed by atoms with Crippen LogP contribution in [0.3, 0.4) is 0 Å². The van der Waals surface area contributed by atoms with Crippen LogP contribution in [0.15, 0.2) is 0 Å². The number of carboxylic acid groups (broad SMARTS) is 1. The van der Waals surface area contributed by atoms with Gasteiger partial charge in [0.1, 0.15) is 0 Å². The molecule has 0 spiro atoms. The molecule has 0 aromatic rings. The maximum atomic E-state index is 11.8. The Hall–Kier alpha value is -1.83. The van der Waals surface area contributed by atoms with Crippen molar-refractivity contribution in [3.8, 4) is 0 Å². The van der Waals surface area contributed by atoms with Crippen LogP contribution in [-0.2, 0) is 9.59 Å². The van der Waals surface area contributed by atoms with Crippen molar-refractivity contribution in [2.75, 3.05) is 26.7 Å². The smallest absolute Gasteiger partial charge is 0.332 e. The molecule has 8 nitrogen and oxygen atoms in total. The summed E-state index contributed by atoms with van der Waals surface area (Å²) in [7, 11) is 1.56. The van der Waals surface area contributed by atoms with E-state index in [4.69, 9.17) is 10.2 Å². The predicted molar refractivity (Wildman–Crippen MR) is 70.0 cm³/mol. The Kier molecular flexibility index (Phi) is 5.32. The zero-order chi connectivity index (χ0) is 15.3. The number of carboxylic acids is 1. The number of urea groups is 1. The maximum Gasteiger partial charge on any atom is 0.332 e. The Morgan fingerprint density at radius 1 is 1.40 bits per heavy atom. The molecule has 2 atom stereocenters. The summed E-state index contributed by atoms with van der Waals surface area (Å²) >= 11 is 0. The molecule has 20 heavy (non-hydrogen) atoms. The Morgan fingerprint density at radius 2 is 2.05 bits per heavy atom. The van der Waals surface area contributed by atoms with Gasteiger partial charge in [-0.25, -0.2) is 9.59 Å². The van der Waals surface area contributed by atoms with Gasteiger partial charge >= 0.3 is 12.0 Å². The number of nitrogens with one attached hydrogen (secondary N) is 2. The van der Waals surface area contributed by atoms with E-state index in [1.54, 1.807) is 14.0 Å². The lowest BCUT2D eigenvalue weighted by Gasteiger charge is -2.23. The molecule has 0 radical (unpaired) electrons. The van der Waals surface area contributed by atoms with Crippen molar-refractivity contribution in [2.24, 2.45) is 5.41 Å². The number of nitrogens with zero attached hydrogens (tertiary/aromatic N) is 1. The van der Waals surface area contributed by atoms with Gasteiger partial charge in [-0.1, -0.05) is 0 Å². The van der Waals surface area contributed by atoms with Crippen LogP contribution < -0.4 is 10.6 Å². The Labute approximate surface area is 117 Å². The highest BCUT2D eigenvalue weighted by Crippen LogP contribution is 2.29. The lowest BCUT2D eigenvalue weighted by atomic mass is 9.89. The molecule has 0 aromatic carbocycles. The van der Waals surface area contributed by atoms with E-state index in [0.717, 1.165) is 0 Å². The van der Waals surface area contributed by atoms with Crippen molar-refractivity contribution < 1.29 is 24.6 Å². The fourth-order valence-electron chi connectivity index (χ4n) is 2.17. The summed E-state index contributed by atoms with van der Waals surface area (Å²) in [6, 6.07) is -0.352. The second-order valence-corrected chi connectivity index (χ2v) is 5.19. The predicted octanol–water partition coefficient (Wildman–Crippen LogP) is -1.01. The van der Waals surface area contributed by atoms with Crippen molar-refractivity contribution >= 4 is 17.9 Å².